The van der Waals surface area contributed by atoms with Gasteiger partial charge in [0.1, 0.15) is 5.82 Å². The van der Waals surface area contributed by atoms with E-state index in [1.807, 2.05) is 18.7 Å². The highest BCUT2D eigenvalue weighted by Gasteiger charge is 1.98. The Kier molecular flexibility index (Phi) is 6.36. The number of nitrogens with zero attached hydrogens (tertiary/aromatic N) is 1. The standard InChI is InChI=1S/C14H21N3S/c1-4-5-10-18-14-8-6-13(7-9-14)11(2)16-17-12(3)15/h6-9,17H,3-5,10,15H2,1-2H3/b16-11+. The van der Waals surface area contributed by atoms with Crippen molar-refractivity contribution >= 4 is 17.5 Å². The third-order valence-corrected chi connectivity index (χ3v) is 3.50. The smallest absolute Gasteiger partial charge is 0.109 e. The molecule has 0 saturated carbocycles. The SMILES string of the molecule is C=C(N)N/N=C(\C)c1ccc(SCCCC)cc1. The van der Waals surface area contributed by atoms with Crippen LogP contribution in [0.3, 0.4) is 0 Å². The first-order chi connectivity index (χ1) is 8.63. The molecule has 0 aliphatic rings. The predicted octanol–water partition coefficient (Wildman–Crippen LogP) is 3.32. The van der Waals surface area contributed by atoms with Crippen LogP contribution in [-0.2, 0) is 0 Å². The number of hydrazone groups is 1. The number of rotatable bonds is 7. The van der Waals surface area contributed by atoms with Crippen LogP contribution < -0.4 is 11.2 Å². The monoisotopic (exact) mass is 263 g/mol. The molecule has 0 bridgehead atoms. The first-order valence-corrected chi connectivity index (χ1v) is 7.10. The van der Waals surface area contributed by atoms with Gasteiger partial charge in [0.05, 0.1) is 5.71 Å². The van der Waals surface area contributed by atoms with Gasteiger partial charge in [-0.2, -0.15) is 5.10 Å². The molecule has 4 heteroatoms. The lowest BCUT2D eigenvalue weighted by Crippen LogP contribution is -2.14. The molecule has 1 aromatic carbocycles. The van der Waals surface area contributed by atoms with E-state index in [4.69, 9.17) is 5.73 Å². The Morgan fingerprint density at radius 3 is 2.61 bits per heavy atom. The number of nitrogens with two attached hydrogens (primary N) is 1. The molecule has 0 atom stereocenters. The van der Waals surface area contributed by atoms with E-state index < -0.39 is 0 Å². The minimum absolute atomic E-state index is 0.348. The summed E-state index contributed by atoms with van der Waals surface area (Å²) in [6.07, 6.45) is 2.50. The molecule has 0 amide bonds. The lowest BCUT2D eigenvalue weighted by Gasteiger charge is -2.04. The topological polar surface area (TPSA) is 50.4 Å². The lowest BCUT2D eigenvalue weighted by atomic mass is 10.1. The van der Waals surface area contributed by atoms with Crippen molar-refractivity contribution in [2.75, 3.05) is 5.75 Å². The Labute approximate surface area is 114 Å². The van der Waals surface area contributed by atoms with Gasteiger partial charge in [0.15, 0.2) is 0 Å². The maximum atomic E-state index is 5.39. The largest absolute Gasteiger partial charge is 0.385 e. The van der Waals surface area contributed by atoms with Crippen molar-refractivity contribution in [1.29, 1.82) is 0 Å². The average molecular weight is 263 g/mol. The van der Waals surface area contributed by atoms with Gasteiger partial charge >= 0.3 is 0 Å². The Balaban J connectivity index is 2.59. The maximum absolute atomic E-state index is 5.39. The quantitative estimate of drug-likeness (QED) is 0.343. The molecule has 0 aromatic heterocycles. The average Bonchev–Trinajstić information content (AvgIpc) is 2.37. The summed E-state index contributed by atoms with van der Waals surface area (Å²) in [6, 6.07) is 8.42. The van der Waals surface area contributed by atoms with E-state index in [2.05, 4.69) is 48.3 Å². The van der Waals surface area contributed by atoms with Crippen LogP contribution in [0.2, 0.25) is 0 Å². The molecule has 0 saturated heterocycles. The molecular formula is C14H21N3S. The summed E-state index contributed by atoms with van der Waals surface area (Å²) < 4.78 is 0. The van der Waals surface area contributed by atoms with E-state index in [9.17, 15) is 0 Å². The first-order valence-electron chi connectivity index (χ1n) is 6.11. The van der Waals surface area contributed by atoms with Gasteiger partial charge in [-0.1, -0.05) is 32.1 Å². The van der Waals surface area contributed by atoms with E-state index in [0.717, 1.165) is 11.3 Å². The number of nitrogens with one attached hydrogen (secondary N) is 1. The molecule has 1 aromatic rings. The summed E-state index contributed by atoms with van der Waals surface area (Å²) in [6.45, 7) is 7.68. The van der Waals surface area contributed by atoms with Crippen LogP contribution in [-0.4, -0.2) is 11.5 Å². The minimum atomic E-state index is 0.348. The molecule has 1 rings (SSSR count). The molecule has 0 unspecified atom stereocenters. The summed E-state index contributed by atoms with van der Waals surface area (Å²) in [5, 5.41) is 4.13. The fourth-order valence-electron chi connectivity index (χ4n) is 1.35. The Morgan fingerprint density at radius 2 is 2.06 bits per heavy atom. The van der Waals surface area contributed by atoms with Crippen LogP contribution in [0.5, 0.6) is 0 Å². The van der Waals surface area contributed by atoms with Gasteiger partial charge in [-0.25, -0.2) is 0 Å². The van der Waals surface area contributed by atoms with Crippen molar-refractivity contribution in [1.82, 2.24) is 5.43 Å². The van der Waals surface area contributed by atoms with Crippen molar-refractivity contribution in [3.05, 3.63) is 42.2 Å². The second-order valence-corrected chi connectivity index (χ2v) is 5.23. The summed E-state index contributed by atoms with van der Waals surface area (Å²) >= 11 is 1.89. The molecule has 0 spiro atoms. The van der Waals surface area contributed by atoms with E-state index >= 15 is 0 Å². The van der Waals surface area contributed by atoms with Crippen molar-refractivity contribution < 1.29 is 0 Å². The highest BCUT2D eigenvalue weighted by Crippen LogP contribution is 2.19. The van der Waals surface area contributed by atoms with Crippen LogP contribution >= 0.6 is 11.8 Å². The number of thioether (sulfide) groups is 1. The van der Waals surface area contributed by atoms with Crippen LogP contribution in [0.25, 0.3) is 0 Å². The summed E-state index contributed by atoms with van der Waals surface area (Å²) in [4.78, 5) is 1.30. The van der Waals surface area contributed by atoms with Crippen molar-refractivity contribution in [3.63, 3.8) is 0 Å². The zero-order chi connectivity index (χ0) is 13.4. The maximum Gasteiger partial charge on any atom is 0.109 e. The third kappa shape index (κ3) is 5.27. The van der Waals surface area contributed by atoms with Gasteiger partial charge in [0.2, 0.25) is 0 Å². The summed E-state index contributed by atoms with van der Waals surface area (Å²) in [5.74, 6) is 1.53. The van der Waals surface area contributed by atoms with E-state index in [1.54, 1.807) is 0 Å². The lowest BCUT2D eigenvalue weighted by molar-refractivity contribution is 0.875. The van der Waals surface area contributed by atoms with E-state index in [-0.39, 0.29) is 0 Å². The van der Waals surface area contributed by atoms with Gasteiger partial charge in [0, 0.05) is 4.90 Å². The van der Waals surface area contributed by atoms with Crippen LogP contribution in [0, 0.1) is 0 Å². The van der Waals surface area contributed by atoms with Crippen molar-refractivity contribution in [2.24, 2.45) is 10.8 Å². The number of benzene rings is 1. The highest BCUT2D eigenvalue weighted by molar-refractivity contribution is 7.99. The van der Waals surface area contributed by atoms with Crippen LogP contribution in [0.1, 0.15) is 32.3 Å². The second-order valence-electron chi connectivity index (χ2n) is 4.06. The molecule has 3 nitrogen and oxygen atoms in total. The molecule has 18 heavy (non-hydrogen) atoms. The van der Waals surface area contributed by atoms with Crippen LogP contribution in [0.15, 0.2) is 46.7 Å². The normalized spacial score (nSPS) is 11.3. The number of hydrogen-bond acceptors (Lipinski definition) is 4. The number of unbranched alkanes of at least 4 members (excludes halogenated alkanes) is 1. The molecule has 3 N–H and O–H groups in total. The van der Waals surface area contributed by atoms with Gasteiger partial charge in [-0.3, -0.25) is 5.43 Å². The highest BCUT2D eigenvalue weighted by atomic mass is 32.2. The van der Waals surface area contributed by atoms with Gasteiger partial charge in [-0.05, 0) is 36.8 Å². The summed E-state index contributed by atoms with van der Waals surface area (Å²) in [7, 11) is 0. The first kappa shape index (κ1) is 14.6. The zero-order valence-corrected chi connectivity index (χ0v) is 11.9. The molecule has 0 fully saturated rings. The van der Waals surface area contributed by atoms with Crippen LogP contribution in [0.4, 0.5) is 0 Å². The van der Waals surface area contributed by atoms with E-state index in [1.165, 1.54) is 23.5 Å². The number of hydrogen-bond donors (Lipinski definition) is 2. The molecular weight excluding hydrogens is 242 g/mol. The third-order valence-electron chi connectivity index (χ3n) is 2.41. The molecule has 0 heterocycles. The van der Waals surface area contributed by atoms with Crippen molar-refractivity contribution in [3.8, 4) is 0 Å². The fraction of sp³-hybridized carbons (Fsp3) is 0.357. The predicted molar refractivity (Wildman–Crippen MR) is 80.7 cm³/mol. The fourth-order valence-corrected chi connectivity index (χ4v) is 2.34. The molecule has 98 valence electrons. The molecule has 0 aliphatic heterocycles. The second kappa shape index (κ2) is 7.82. The van der Waals surface area contributed by atoms with Gasteiger partial charge < -0.3 is 5.73 Å². The van der Waals surface area contributed by atoms with Crippen molar-refractivity contribution in [2.45, 2.75) is 31.6 Å². The Hall–Kier alpha value is -1.42. The zero-order valence-electron chi connectivity index (χ0n) is 11.1. The Bertz CT molecular complexity index is 410. The summed E-state index contributed by atoms with van der Waals surface area (Å²) in [5.41, 5.74) is 10.0. The Morgan fingerprint density at radius 1 is 1.39 bits per heavy atom. The van der Waals surface area contributed by atoms with Gasteiger partial charge in [0.25, 0.3) is 0 Å². The minimum Gasteiger partial charge on any atom is -0.385 e. The van der Waals surface area contributed by atoms with Gasteiger partial charge in [-0.15, -0.1) is 11.8 Å². The molecule has 0 radical (unpaired) electrons. The molecule has 0 aliphatic carbocycles. The van der Waals surface area contributed by atoms with E-state index in [0.29, 0.717) is 5.82 Å².